The van der Waals surface area contributed by atoms with Crippen molar-refractivity contribution in [2.45, 2.75) is 99.0 Å². The molecule has 0 spiro atoms. The summed E-state index contributed by atoms with van der Waals surface area (Å²) < 4.78 is 6.41. The van der Waals surface area contributed by atoms with Gasteiger partial charge in [-0.3, -0.25) is 0 Å². The van der Waals surface area contributed by atoms with Crippen molar-refractivity contribution >= 4 is 35.4 Å². The van der Waals surface area contributed by atoms with Crippen LogP contribution in [0.15, 0.2) is 60.7 Å². The summed E-state index contributed by atoms with van der Waals surface area (Å²) in [6.45, 7) is 27.0. The topological polar surface area (TPSA) is 19.3 Å². The predicted octanol–water partition coefficient (Wildman–Crippen LogP) is 11.0. The molecule has 1 aliphatic heterocycles. The van der Waals surface area contributed by atoms with Gasteiger partial charge in [0.2, 0.25) is 0 Å². The molecule has 0 radical (unpaired) electrons. The number of hydrogen-bond donors (Lipinski definition) is 0. The Labute approximate surface area is 275 Å². The molecule has 0 amide bonds. The first-order valence-electron chi connectivity index (χ1n) is 15.6. The third-order valence-corrected chi connectivity index (χ3v) is 9.47. The summed E-state index contributed by atoms with van der Waals surface area (Å²) in [5.74, 6) is 3.03. The number of aliphatic hydroxyl groups is 1. The average Bonchev–Trinajstić information content (AvgIpc) is 3.42. The van der Waals surface area contributed by atoms with Gasteiger partial charge < -0.3 is 9.80 Å². The number of rotatable bonds is 9. The molecule has 1 aliphatic rings. The molecule has 6 heteroatoms. The zero-order valence-electron chi connectivity index (χ0n) is 27.7. The van der Waals surface area contributed by atoms with Crippen molar-refractivity contribution in [1.82, 2.24) is 0 Å². The maximum Gasteiger partial charge on any atom is 0.0156 e. The second-order valence-corrected chi connectivity index (χ2v) is 18.5. The number of para-hydroxylation sites is 3. The normalized spacial score (nSPS) is 13.7. The Morgan fingerprint density at radius 1 is 0.628 bits per heavy atom. The molecule has 3 nitrogen and oxygen atoms in total. The maximum atomic E-state index is 5.83. The Morgan fingerprint density at radius 3 is 1.37 bits per heavy atom. The molecule has 0 aromatic heterocycles. The second kappa shape index (κ2) is 16.4. The van der Waals surface area contributed by atoms with E-state index in [1.165, 1.54) is 33.6 Å². The van der Waals surface area contributed by atoms with E-state index in [0.717, 1.165) is 24.4 Å². The molecule has 238 valence electrons. The van der Waals surface area contributed by atoms with Crippen LogP contribution in [-0.4, -0.2) is 28.5 Å². The summed E-state index contributed by atoms with van der Waals surface area (Å²) in [5.41, 5.74) is 9.71. The molecule has 1 N–H and O–H groups in total. The summed E-state index contributed by atoms with van der Waals surface area (Å²) >= 11 is -1.75. The minimum Gasteiger partial charge on any atom is -0.502 e. The zero-order chi connectivity index (χ0) is 31.8. The quantitative estimate of drug-likeness (QED) is 0.125. The molecule has 0 unspecified atom stereocenters. The first-order valence-corrected chi connectivity index (χ1v) is 21.1. The van der Waals surface area contributed by atoms with Crippen molar-refractivity contribution in [2.75, 3.05) is 22.9 Å². The summed E-state index contributed by atoms with van der Waals surface area (Å²) in [7, 11) is 11.7. The third-order valence-electron chi connectivity index (χ3n) is 7.64. The fourth-order valence-corrected chi connectivity index (χ4v) is 7.39. The van der Waals surface area contributed by atoms with Crippen LogP contribution >= 0.6 is 19.4 Å². The summed E-state index contributed by atoms with van der Waals surface area (Å²) in [6, 6.07) is 21.6. The number of hydrogen-bond acceptors (Lipinski definition) is 2. The van der Waals surface area contributed by atoms with E-state index in [1.807, 2.05) is 42.7 Å². The summed E-state index contributed by atoms with van der Waals surface area (Å²) in [5, 5.41) is 0. The van der Waals surface area contributed by atoms with E-state index >= 15 is 0 Å². The zero-order valence-corrected chi connectivity index (χ0v) is 30.9. The minimum absolute atomic E-state index is 0.288. The fraction of sp³-hybridized carbons (Fsp3) is 0.459. The monoisotopic (exact) mass is 712 g/mol. The number of ether oxygens (including phenoxy) is 1. The molecule has 3 aromatic rings. The number of halogens is 2. The average molecular weight is 713 g/mol. The smallest absolute Gasteiger partial charge is 0.0156 e. The van der Waals surface area contributed by atoms with E-state index < -0.39 is 13.5 Å². The molecule has 1 saturated heterocycles. The molecule has 1 heterocycles. The SMILES string of the molecule is CC(C)[OH+]c1ccccc1[CH]=[Ru]([Cl])[Cl].CC(C)c1cccc(C(C)C)c1N1[CH-]N(c2c(C(C)C)cccc2C(C)C)CC1. The number of nitrogens with zero attached hydrogens (tertiary/aromatic N) is 2. The van der Waals surface area contributed by atoms with Gasteiger partial charge in [-0.15, -0.1) is 0 Å². The Hall–Kier alpha value is -1.87. The van der Waals surface area contributed by atoms with E-state index in [9.17, 15) is 0 Å². The Bertz CT molecular complexity index is 1240. The van der Waals surface area contributed by atoms with Gasteiger partial charge in [0.05, 0.1) is 0 Å². The fourth-order valence-electron chi connectivity index (χ4n) is 5.58. The van der Waals surface area contributed by atoms with Crippen LogP contribution in [0.2, 0.25) is 0 Å². The first kappa shape index (κ1) is 35.6. The Morgan fingerprint density at radius 2 is 1.02 bits per heavy atom. The Balaban J connectivity index is 0.000000303. The van der Waals surface area contributed by atoms with Crippen molar-refractivity contribution in [3.63, 3.8) is 0 Å². The van der Waals surface area contributed by atoms with Crippen molar-refractivity contribution in [3.8, 4) is 5.75 Å². The molecule has 3 aromatic carbocycles. The van der Waals surface area contributed by atoms with Gasteiger partial charge >= 0.3 is 97.8 Å². The van der Waals surface area contributed by atoms with E-state index in [4.69, 9.17) is 19.4 Å². The predicted molar refractivity (Wildman–Crippen MR) is 188 cm³/mol. The van der Waals surface area contributed by atoms with Crippen molar-refractivity contribution in [1.29, 1.82) is 0 Å². The molecule has 43 heavy (non-hydrogen) atoms. The van der Waals surface area contributed by atoms with Crippen LogP contribution in [0, 0.1) is 6.67 Å². The number of anilines is 2. The van der Waals surface area contributed by atoms with Crippen LogP contribution in [0.3, 0.4) is 0 Å². The molecular weight excluding hydrogens is 660 g/mol. The summed E-state index contributed by atoms with van der Waals surface area (Å²) in [6.07, 6.45) is 0.288. The van der Waals surface area contributed by atoms with Crippen LogP contribution in [0.25, 0.3) is 0 Å². The molecule has 1 fully saturated rings. The standard InChI is InChI=1S/C27H39N2.C10H12O.2ClH.Ru/c1-18(2)22-11-9-12-23(19(3)4)26(22)28-15-16-29(17-28)27-24(20(5)6)13-10-14-25(27)21(7)8;1-8(2)11-10-7-5-4-6-9(10)3;;;/h9-14,17-21H,15-16H2,1-8H3;3-8H,1-2H3;2*1H;/q-1;;;;+2/p-1. The van der Waals surface area contributed by atoms with Gasteiger partial charge in [0, 0.05) is 24.5 Å². The van der Waals surface area contributed by atoms with Gasteiger partial charge in [-0.2, -0.15) is 6.67 Å². The van der Waals surface area contributed by atoms with Crippen molar-refractivity contribution in [3.05, 3.63) is 95.1 Å². The van der Waals surface area contributed by atoms with E-state index in [0.29, 0.717) is 23.7 Å². The van der Waals surface area contributed by atoms with Crippen molar-refractivity contribution in [2.24, 2.45) is 0 Å². The van der Waals surface area contributed by atoms with Gasteiger partial charge in [-0.1, -0.05) is 91.8 Å². The minimum atomic E-state index is -1.75. The van der Waals surface area contributed by atoms with Gasteiger partial charge in [0.1, 0.15) is 0 Å². The van der Waals surface area contributed by atoms with Crippen LogP contribution in [0.5, 0.6) is 5.75 Å². The van der Waals surface area contributed by atoms with Crippen LogP contribution < -0.4 is 9.80 Å². The maximum absolute atomic E-state index is 5.83. The molecule has 4 rings (SSSR count). The Kier molecular flexibility index (Phi) is 13.6. The number of aromatic hydroxyl groups is 1. The second-order valence-electron chi connectivity index (χ2n) is 12.8. The van der Waals surface area contributed by atoms with Crippen molar-refractivity contribution < 1.29 is 18.3 Å². The van der Waals surface area contributed by atoms with Gasteiger partial charge in [0.25, 0.3) is 0 Å². The van der Waals surface area contributed by atoms with Gasteiger partial charge in [-0.25, -0.2) is 0 Å². The third kappa shape index (κ3) is 9.56. The first-order chi connectivity index (χ1) is 20.3. The molecule has 0 atom stereocenters. The molecular formula is C37H52Cl2N2ORu. The number of benzene rings is 3. The molecule has 0 saturated carbocycles. The van der Waals surface area contributed by atoms with Crippen LogP contribution in [-0.2, 0) is 13.5 Å². The van der Waals surface area contributed by atoms with Crippen LogP contribution in [0.4, 0.5) is 11.4 Å². The molecule has 0 aliphatic carbocycles. The van der Waals surface area contributed by atoms with Crippen LogP contribution in [0.1, 0.15) is 121 Å². The summed E-state index contributed by atoms with van der Waals surface area (Å²) in [4.78, 5) is 5.01. The van der Waals surface area contributed by atoms with E-state index in [1.54, 1.807) is 0 Å². The molecule has 0 bridgehead atoms. The van der Waals surface area contributed by atoms with Gasteiger partial charge in [-0.05, 0) is 45.9 Å². The largest absolute Gasteiger partial charge is 0.502 e. The van der Waals surface area contributed by atoms with E-state index in [2.05, 4.69) is 113 Å². The van der Waals surface area contributed by atoms with Gasteiger partial charge in [0.15, 0.2) is 0 Å². The van der Waals surface area contributed by atoms with E-state index in [-0.39, 0.29) is 6.10 Å².